The fourth-order valence-electron chi connectivity index (χ4n) is 1.83. The number of rotatable bonds is 4. The van der Waals surface area contributed by atoms with Gasteiger partial charge in [-0.3, -0.25) is 0 Å². The van der Waals surface area contributed by atoms with E-state index in [1.54, 1.807) is 11.3 Å². The molecule has 1 aliphatic carbocycles. The minimum absolute atomic E-state index is 0.425. The molecule has 78 valence electrons. The zero-order valence-electron chi connectivity index (χ0n) is 8.45. The smallest absolute Gasteiger partial charge is 0.111 e. The molecule has 0 saturated heterocycles. The molecular weight excluding hydrogens is 196 g/mol. The summed E-state index contributed by atoms with van der Waals surface area (Å²) in [7, 11) is 0. The molecule has 0 aromatic carbocycles. The van der Waals surface area contributed by atoms with Gasteiger partial charge in [0, 0.05) is 16.4 Å². The Balaban J connectivity index is 2.02. The predicted octanol–water partition coefficient (Wildman–Crippen LogP) is 2.31. The molecular formula is C11H16O2S. The Bertz CT molecular complexity index is 285. The minimum Gasteiger partial charge on any atom is -0.385 e. The Morgan fingerprint density at radius 2 is 2.43 bits per heavy atom. The molecule has 1 unspecified atom stereocenters. The second-order valence-electron chi connectivity index (χ2n) is 3.63. The maximum Gasteiger partial charge on any atom is 0.111 e. The lowest BCUT2D eigenvalue weighted by atomic mass is 10.2. The molecule has 0 aliphatic heterocycles. The van der Waals surface area contributed by atoms with E-state index in [1.165, 1.54) is 29.7 Å². The summed E-state index contributed by atoms with van der Waals surface area (Å²) < 4.78 is 5.21. The third-order valence-electron chi connectivity index (χ3n) is 2.57. The van der Waals surface area contributed by atoms with Crippen molar-refractivity contribution in [2.45, 2.75) is 32.3 Å². The highest BCUT2D eigenvalue weighted by atomic mass is 32.1. The van der Waals surface area contributed by atoms with E-state index in [9.17, 15) is 5.11 Å². The van der Waals surface area contributed by atoms with Crippen molar-refractivity contribution in [3.05, 3.63) is 21.4 Å². The lowest BCUT2D eigenvalue weighted by molar-refractivity contribution is 0.0439. The van der Waals surface area contributed by atoms with Crippen LogP contribution in [0.4, 0.5) is 0 Å². The molecule has 0 bridgehead atoms. The Morgan fingerprint density at radius 1 is 1.57 bits per heavy atom. The van der Waals surface area contributed by atoms with Crippen LogP contribution in [-0.4, -0.2) is 18.3 Å². The fourth-order valence-corrected chi connectivity index (χ4v) is 3.06. The Labute approximate surface area is 88.5 Å². The molecule has 0 saturated carbocycles. The van der Waals surface area contributed by atoms with Gasteiger partial charge in [0.15, 0.2) is 0 Å². The quantitative estimate of drug-likeness (QED) is 0.830. The Kier molecular flexibility index (Phi) is 3.21. The van der Waals surface area contributed by atoms with Crippen LogP contribution in [-0.2, 0) is 17.6 Å². The molecule has 1 atom stereocenters. The summed E-state index contributed by atoms with van der Waals surface area (Å²) >= 11 is 1.75. The summed E-state index contributed by atoms with van der Waals surface area (Å²) in [6.45, 7) is 3.04. The number of aryl methyl sites for hydroxylation is 2. The van der Waals surface area contributed by atoms with Crippen molar-refractivity contribution in [2.24, 2.45) is 0 Å². The monoisotopic (exact) mass is 212 g/mol. The first kappa shape index (κ1) is 10.1. The first-order valence-electron chi connectivity index (χ1n) is 5.18. The highest BCUT2D eigenvalue weighted by molar-refractivity contribution is 7.12. The molecule has 0 radical (unpaired) electrons. The molecule has 1 aromatic heterocycles. The van der Waals surface area contributed by atoms with Crippen LogP contribution in [0.3, 0.4) is 0 Å². The second-order valence-corrected chi connectivity index (χ2v) is 4.79. The van der Waals surface area contributed by atoms with Gasteiger partial charge in [-0.05, 0) is 37.8 Å². The molecule has 0 amide bonds. The number of aliphatic hydroxyl groups is 1. The van der Waals surface area contributed by atoms with E-state index in [2.05, 4.69) is 6.07 Å². The summed E-state index contributed by atoms with van der Waals surface area (Å²) in [5, 5.41) is 9.79. The minimum atomic E-state index is -0.425. The van der Waals surface area contributed by atoms with Crippen molar-refractivity contribution in [3.8, 4) is 0 Å². The van der Waals surface area contributed by atoms with Gasteiger partial charge in [0.25, 0.3) is 0 Å². The Hall–Kier alpha value is -0.380. The van der Waals surface area contributed by atoms with E-state index in [-0.39, 0.29) is 0 Å². The standard InChI is InChI=1S/C11H16O2S/c1-2-13-7-9(12)11-6-8-4-3-5-10(8)14-11/h6,9,12H,2-5,7H2,1H3. The van der Waals surface area contributed by atoms with E-state index in [0.717, 1.165) is 4.88 Å². The molecule has 2 rings (SSSR count). The van der Waals surface area contributed by atoms with E-state index < -0.39 is 6.10 Å². The molecule has 2 nitrogen and oxygen atoms in total. The van der Waals surface area contributed by atoms with E-state index in [1.807, 2.05) is 6.92 Å². The van der Waals surface area contributed by atoms with Crippen LogP contribution in [0.15, 0.2) is 6.07 Å². The van der Waals surface area contributed by atoms with Crippen LogP contribution in [0.25, 0.3) is 0 Å². The van der Waals surface area contributed by atoms with Gasteiger partial charge in [-0.15, -0.1) is 11.3 Å². The van der Waals surface area contributed by atoms with Crippen molar-refractivity contribution >= 4 is 11.3 Å². The summed E-state index contributed by atoms with van der Waals surface area (Å²) in [5.74, 6) is 0. The summed E-state index contributed by atoms with van der Waals surface area (Å²) in [6, 6.07) is 2.15. The van der Waals surface area contributed by atoms with Crippen LogP contribution in [0.1, 0.15) is 34.8 Å². The lowest BCUT2D eigenvalue weighted by Crippen LogP contribution is -2.05. The second kappa shape index (κ2) is 4.43. The van der Waals surface area contributed by atoms with Crippen molar-refractivity contribution in [3.63, 3.8) is 0 Å². The van der Waals surface area contributed by atoms with E-state index in [0.29, 0.717) is 13.2 Å². The number of aliphatic hydroxyl groups excluding tert-OH is 1. The summed E-state index contributed by atoms with van der Waals surface area (Å²) in [4.78, 5) is 2.54. The molecule has 3 heteroatoms. The lowest BCUT2D eigenvalue weighted by Gasteiger charge is -2.07. The normalized spacial score (nSPS) is 17.0. The van der Waals surface area contributed by atoms with Gasteiger partial charge < -0.3 is 9.84 Å². The zero-order chi connectivity index (χ0) is 9.97. The zero-order valence-corrected chi connectivity index (χ0v) is 9.27. The molecule has 0 fully saturated rings. The van der Waals surface area contributed by atoms with Gasteiger partial charge in [0.1, 0.15) is 6.10 Å². The number of hydrogen-bond donors (Lipinski definition) is 1. The van der Waals surface area contributed by atoms with Crippen molar-refractivity contribution < 1.29 is 9.84 Å². The predicted molar refractivity (Wildman–Crippen MR) is 57.8 cm³/mol. The first-order chi connectivity index (χ1) is 6.81. The summed E-state index contributed by atoms with van der Waals surface area (Å²) in [5.41, 5.74) is 1.44. The van der Waals surface area contributed by atoms with Gasteiger partial charge in [-0.25, -0.2) is 0 Å². The van der Waals surface area contributed by atoms with Gasteiger partial charge in [0.2, 0.25) is 0 Å². The molecule has 0 spiro atoms. The number of thiophene rings is 1. The molecule has 1 N–H and O–H groups in total. The third-order valence-corrected chi connectivity index (χ3v) is 3.91. The van der Waals surface area contributed by atoms with Crippen LogP contribution in [0, 0.1) is 0 Å². The highest BCUT2D eigenvalue weighted by Gasteiger charge is 2.18. The molecule has 1 aromatic rings. The highest BCUT2D eigenvalue weighted by Crippen LogP contribution is 2.33. The van der Waals surface area contributed by atoms with Crippen molar-refractivity contribution in [1.82, 2.24) is 0 Å². The third kappa shape index (κ3) is 2.00. The molecule has 1 aliphatic rings. The maximum absolute atomic E-state index is 9.79. The fraction of sp³-hybridized carbons (Fsp3) is 0.636. The van der Waals surface area contributed by atoms with E-state index in [4.69, 9.17) is 4.74 Å². The molecule has 1 heterocycles. The largest absolute Gasteiger partial charge is 0.385 e. The molecule has 14 heavy (non-hydrogen) atoms. The van der Waals surface area contributed by atoms with Crippen LogP contribution in [0.5, 0.6) is 0 Å². The van der Waals surface area contributed by atoms with Gasteiger partial charge in [-0.2, -0.15) is 0 Å². The van der Waals surface area contributed by atoms with Crippen molar-refractivity contribution in [2.75, 3.05) is 13.2 Å². The van der Waals surface area contributed by atoms with E-state index >= 15 is 0 Å². The summed E-state index contributed by atoms with van der Waals surface area (Å²) in [6.07, 6.45) is 3.24. The number of fused-ring (bicyclic) bond motifs is 1. The van der Waals surface area contributed by atoms with Crippen LogP contribution >= 0.6 is 11.3 Å². The van der Waals surface area contributed by atoms with Crippen LogP contribution < -0.4 is 0 Å². The van der Waals surface area contributed by atoms with Gasteiger partial charge in [0.05, 0.1) is 6.61 Å². The van der Waals surface area contributed by atoms with Crippen LogP contribution in [0.2, 0.25) is 0 Å². The number of ether oxygens (including phenoxy) is 1. The average Bonchev–Trinajstić information content (AvgIpc) is 2.72. The number of hydrogen-bond acceptors (Lipinski definition) is 3. The topological polar surface area (TPSA) is 29.5 Å². The Morgan fingerprint density at radius 3 is 3.14 bits per heavy atom. The van der Waals surface area contributed by atoms with Gasteiger partial charge in [-0.1, -0.05) is 0 Å². The SMILES string of the molecule is CCOCC(O)c1cc2c(s1)CCC2. The van der Waals surface area contributed by atoms with Crippen molar-refractivity contribution in [1.29, 1.82) is 0 Å². The average molecular weight is 212 g/mol. The first-order valence-corrected chi connectivity index (χ1v) is 6.00. The van der Waals surface area contributed by atoms with Gasteiger partial charge >= 0.3 is 0 Å². The maximum atomic E-state index is 9.79.